The average Bonchev–Trinajstić information content (AvgIpc) is 3.25. The monoisotopic (exact) mass is 449 g/mol. The van der Waals surface area contributed by atoms with E-state index in [1.54, 1.807) is 16.9 Å². The Morgan fingerprint density at radius 1 is 0.912 bits per heavy atom. The van der Waals surface area contributed by atoms with Crippen LogP contribution in [0.4, 0.5) is 5.95 Å². The molecule has 8 heteroatoms. The number of aldehydes is 1. The molecule has 8 nitrogen and oxygen atoms in total. The number of carbonyl (C=O) groups is 1. The second-order valence-corrected chi connectivity index (χ2v) is 8.25. The van der Waals surface area contributed by atoms with Gasteiger partial charge in [0, 0.05) is 47.5 Å². The summed E-state index contributed by atoms with van der Waals surface area (Å²) in [6, 6.07) is 14.2. The van der Waals surface area contributed by atoms with Crippen LogP contribution in [-0.4, -0.2) is 35.8 Å². The first-order chi connectivity index (χ1) is 16.5. The molecule has 168 valence electrons. The highest BCUT2D eigenvalue weighted by Crippen LogP contribution is 2.25. The molecule has 0 bridgehead atoms. The first-order valence-electron chi connectivity index (χ1n) is 10.9. The Hall–Kier alpha value is -4.46. The first-order valence-corrected chi connectivity index (χ1v) is 10.9. The second-order valence-electron chi connectivity index (χ2n) is 8.25. The summed E-state index contributed by atoms with van der Waals surface area (Å²) in [7, 11) is 0. The van der Waals surface area contributed by atoms with E-state index in [9.17, 15) is 4.79 Å². The highest BCUT2D eigenvalue weighted by molar-refractivity contribution is 5.86. The van der Waals surface area contributed by atoms with Crippen LogP contribution in [0, 0.1) is 20.8 Å². The van der Waals surface area contributed by atoms with E-state index in [-0.39, 0.29) is 0 Å². The standard InChI is InChI=1S/C26H23N7O/c1-16-8-19(4-5-22(16)20-6-7-27-17(2)9-20)12-29-26-32-31-25-11-24(30-15-33(25)26)23-10-18(3)28-13-21(23)14-34/h4-11,13-15H,12H2,1-3H3,(H,29,32). The van der Waals surface area contributed by atoms with E-state index in [1.807, 2.05) is 38.2 Å². The molecule has 1 aromatic carbocycles. The maximum Gasteiger partial charge on any atom is 0.230 e. The Labute approximate surface area is 196 Å². The third-order valence-electron chi connectivity index (χ3n) is 5.72. The van der Waals surface area contributed by atoms with E-state index < -0.39 is 0 Å². The zero-order valence-corrected chi connectivity index (χ0v) is 19.1. The lowest BCUT2D eigenvalue weighted by Crippen LogP contribution is -2.04. The van der Waals surface area contributed by atoms with E-state index in [0.29, 0.717) is 29.4 Å². The Kier molecular flexibility index (Phi) is 5.55. The Balaban J connectivity index is 1.37. The Morgan fingerprint density at radius 2 is 1.76 bits per heavy atom. The van der Waals surface area contributed by atoms with Crippen molar-refractivity contribution in [3.8, 4) is 22.4 Å². The van der Waals surface area contributed by atoms with Crippen LogP contribution in [0.3, 0.4) is 0 Å². The van der Waals surface area contributed by atoms with Gasteiger partial charge in [-0.1, -0.05) is 18.2 Å². The molecule has 0 spiro atoms. The van der Waals surface area contributed by atoms with Crippen LogP contribution in [0.5, 0.6) is 0 Å². The topological polar surface area (TPSA) is 98.0 Å². The van der Waals surface area contributed by atoms with Crippen LogP contribution in [0.15, 0.2) is 61.2 Å². The number of hydrogen-bond donors (Lipinski definition) is 1. The summed E-state index contributed by atoms with van der Waals surface area (Å²) < 4.78 is 1.79. The van der Waals surface area contributed by atoms with Gasteiger partial charge in [0.1, 0.15) is 6.33 Å². The summed E-state index contributed by atoms with van der Waals surface area (Å²) in [4.78, 5) is 24.4. The normalized spacial score (nSPS) is 11.0. The van der Waals surface area contributed by atoms with Crippen molar-refractivity contribution in [2.75, 3.05) is 5.32 Å². The summed E-state index contributed by atoms with van der Waals surface area (Å²) in [5, 5.41) is 11.9. The number of carbonyl (C=O) groups excluding carboxylic acids is 1. The summed E-state index contributed by atoms with van der Waals surface area (Å²) in [5.41, 5.74) is 9.00. The summed E-state index contributed by atoms with van der Waals surface area (Å²) in [5.74, 6) is 0.599. The van der Waals surface area contributed by atoms with Gasteiger partial charge >= 0.3 is 0 Å². The first kappa shape index (κ1) is 21.4. The fourth-order valence-electron chi connectivity index (χ4n) is 4.00. The van der Waals surface area contributed by atoms with Gasteiger partial charge in [-0.25, -0.2) is 4.98 Å². The average molecular weight is 450 g/mol. The molecule has 0 amide bonds. The van der Waals surface area contributed by atoms with Crippen molar-refractivity contribution in [3.63, 3.8) is 0 Å². The van der Waals surface area contributed by atoms with Crippen molar-refractivity contribution < 1.29 is 4.79 Å². The zero-order chi connectivity index (χ0) is 23.7. The fourth-order valence-corrected chi connectivity index (χ4v) is 4.00. The fraction of sp³-hybridized carbons (Fsp3) is 0.154. The van der Waals surface area contributed by atoms with Crippen LogP contribution in [-0.2, 0) is 6.54 Å². The Bertz CT molecular complexity index is 1520. The smallest absolute Gasteiger partial charge is 0.230 e. The third-order valence-corrected chi connectivity index (χ3v) is 5.72. The van der Waals surface area contributed by atoms with Gasteiger partial charge in [-0.3, -0.25) is 19.2 Å². The predicted molar refractivity (Wildman–Crippen MR) is 131 cm³/mol. The van der Waals surface area contributed by atoms with Crippen molar-refractivity contribution in [2.45, 2.75) is 27.3 Å². The molecule has 0 aliphatic rings. The SMILES string of the molecule is Cc1cc(-c2ccc(CNc3nnc4cc(-c5cc(C)ncc5C=O)ncn34)cc2C)ccn1. The summed E-state index contributed by atoms with van der Waals surface area (Å²) in [6.07, 6.45) is 5.85. The molecule has 0 atom stereocenters. The van der Waals surface area contributed by atoms with E-state index in [0.717, 1.165) is 34.4 Å². The number of aryl methyl sites for hydroxylation is 3. The number of pyridine rings is 2. The van der Waals surface area contributed by atoms with Gasteiger partial charge in [-0.2, -0.15) is 0 Å². The van der Waals surface area contributed by atoms with Crippen LogP contribution in [0.25, 0.3) is 28.0 Å². The Morgan fingerprint density at radius 3 is 2.56 bits per heavy atom. The summed E-state index contributed by atoms with van der Waals surface area (Å²) >= 11 is 0. The highest BCUT2D eigenvalue weighted by atomic mass is 16.1. The lowest BCUT2D eigenvalue weighted by atomic mass is 9.98. The molecular weight excluding hydrogens is 426 g/mol. The van der Waals surface area contributed by atoms with Crippen LogP contribution in [0.1, 0.15) is 32.9 Å². The van der Waals surface area contributed by atoms with Crippen molar-refractivity contribution in [1.29, 1.82) is 0 Å². The van der Waals surface area contributed by atoms with Gasteiger partial charge in [0.2, 0.25) is 5.95 Å². The molecule has 0 aliphatic heterocycles. The van der Waals surface area contributed by atoms with Gasteiger partial charge in [0.25, 0.3) is 0 Å². The maximum absolute atomic E-state index is 11.4. The van der Waals surface area contributed by atoms with Gasteiger partial charge in [0.05, 0.1) is 5.69 Å². The van der Waals surface area contributed by atoms with Gasteiger partial charge < -0.3 is 5.32 Å². The van der Waals surface area contributed by atoms with E-state index in [4.69, 9.17) is 0 Å². The predicted octanol–water partition coefficient (Wildman–Crippen LogP) is 4.60. The lowest BCUT2D eigenvalue weighted by molar-refractivity contribution is 0.112. The number of fused-ring (bicyclic) bond motifs is 1. The lowest BCUT2D eigenvalue weighted by Gasteiger charge is -2.10. The molecular formula is C26H23N7O. The largest absolute Gasteiger partial charge is 0.350 e. The second kappa shape index (κ2) is 8.82. The molecule has 0 saturated carbocycles. The van der Waals surface area contributed by atoms with Crippen molar-refractivity contribution in [1.82, 2.24) is 29.5 Å². The highest BCUT2D eigenvalue weighted by Gasteiger charge is 2.12. The van der Waals surface area contributed by atoms with Crippen LogP contribution < -0.4 is 5.32 Å². The molecule has 5 rings (SSSR count). The number of rotatable bonds is 6. The number of aromatic nitrogens is 6. The minimum absolute atomic E-state index is 0.487. The molecule has 0 saturated heterocycles. The molecule has 0 fully saturated rings. The van der Waals surface area contributed by atoms with Gasteiger partial charge in [-0.05, 0) is 61.2 Å². The van der Waals surface area contributed by atoms with E-state index in [1.165, 1.54) is 11.1 Å². The van der Waals surface area contributed by atoms with Gasteiger partial charge in [0.15, 0.2) is 11.9 Å². The van der Waals surface area contributed by atoms with Crippen molar-refractivity contribution >= 4 is 17.9 Å². The van der Waals surface area contributed by atoms with Crippen LogP contribution in [0.2, 0.25) is 0 Å². The van der Waals surface area contributed by atoms with Crippen molar-refractivity contribution in [3.05, 3.63) is 89.3 Å². The third kappa shape index (κ3) is 4.13. The maximum atomic E-state index is 11.4. The molecule has 34 heavy (non-hydrogen) atoms. The number of benzene rings is 1. The van der Waals surface area contributed by atoms with Crippen LogP contribution >= 0.6 is 0 Å². The van der Waals surface area contributed by atoms with Gasteiger partial charge in [-0.15, -0.1) is 10.2 Å². The molecule has 4 aromatic heterocycles. The molecule has 1 N–H and O–H groups in total. The summed E-state index contributed by atoms with van der Waals surface area (Å²) in [6.45, 7) is 6.58. The quantitative estimate of drug-likeness (QED) is 0.378. The number of hydrogen-bond acceptors (Lipinski definition) is 7. The minimum atomic E-state index is 0.487. The number of nitrogens with zero attached hydrogens (tertiary/aromatic N) is 6. The molecule has 0 unspecified atom stereocenters. The van der Waals surface area contributed by atoms with E-state index in [2.05, 4.69) is 61.7 Å². The van der Waals surface area contributed by atoms with E-state index >= 15 is 0 Å². The molecule has 4 heterocycles. The molecule has 5 aromatic rings. The zero-order valence-electron chi connectivity index (χ0n) is 19.1. The molecule has 0 aliphatic carbocycles. The minimum Gasteiger partial charge on any atom is -0.350 e. The van der Waals surface area contributed by atoms with Crippen molar-refractivity contribution in [2.24, 2.45) is 0 Å². The molecule has 0 radical (unpaired) electrons. The number of nitrogens with one attached hydrogen (secondary N) is 1. The number of anilines is 1.